The van der Waals surface area contributed by atoms with Gasteiger partial charge in [0.15, 0.2) is 0 Å². The Bertz CT molecular complexity index is 1130. The molecule has 0 N–H and O–H groups in total. The van der Waals surface area contributed by atoms with Crippen molar-refractivity contribution in [3.8, 4) is 22.4 Å². The van der Waals surface area contributed by atoms with E-state index in [4.69, 9.17) is 4.98 Å². The average molecular weight is 350 g/mol. The Labute approximate surface area is 159 Å². The highest BCUT2D eigenvalue weighted by Gasteiger charge is 2.30. The molecule has 4 aromatic rings. The third-order valence-corrected chi connectivity index (χ3v) is 5.66. The first-order valence-corrected chi connectivity index (χ1v) is 9.81. The smallest absolute Gasteiger partial charge is 0.0894 e. The topological polar surface area (TPSA) is 25.8 Å². The third kappa shape index (κ3) is 2.64. The Kier molecular flexibility index (Phi) is 3.97. The summed E-state index contributed by atoms with van der Waals surface area (Å²) in [5, 5.41) is 0. The molecule has 1 unspecified atom stereocenters. The molecule has 5 rings (SSSR count). The average Bonchev–Trinajstić information content (AvgIpc) is 3.06. The lowest BCUT2D eigenvalue weighted by molar-refractivity contribution is 0.660. The molecule has 0 aliphatic heterocycles. The molecule has 0 amide bonds. The highest BCUT2D eigenvalue weighted by atomic mass is 14.8. The fraction of sp³-hybridized carbons (Fsp3) is 0.200. The number of benzene rings is 2. The van der Waals surface area contributed by atoms with Gasteiger partial charge < -0.3 is 0 Å². The summed E-state index contributed by atoms with van der Waals surface area (Å²) in [5.74, 6) is 0.457. The number of fused-ring (bicyclic) bond motifs is 4. The highest BCUT2D eigenvalue weighted by Crippen LogP contribution is 2.50. The molecule has 0 saturated heterocycles. The second-order valence-corrected chi connectivity index (χ2v) is 7.29. The van der Waals surface area contributed by atoms with Gasteiger partial charge in [0.2, 0.25) is 0 Å². The minimum Gasteiger partial charge on any atom is -0.255 e. The van der Waals surface area contributed by atoms with Crippen LogP contribution in [0.15, 0.2) is 72.9 Å². The normalized spacial score (nSPS) is 14.9. The van der Waals surface area contributed by atoms with E-state index in [0.717, 1.165) is 16.7 Å². The Morgan fingerprint density at radius 3 is 2.56 bits per heavy atom. The lowest BCUT2D eigenvalue weighted by Gasteiger charge is -2.17. The Hall–Kier alpha value is -3.00. The van der Waals surface area contributed by atoms with Crippen LogP contribution >= 0.6 is 0 Å². The van der Waals surface area contributed by atoms with Crippen molar-refractivity contribution >= 4 is 11.0 Å². The highest BCUT2D eigenvalue weighted by molar-refractivity contribution is 5.87. The number of rotatable bonds is 4. The zero-order valence-electron chi connectivity index (χ0n) is 15.5. The first-order chi connectivity index (χ1) is 13.4. The zero-order chi connectivity index (χ0) is 18.2. The number of hydrogen-bond acceptors (Lipinski definition) is 2. The van der Waals surface area contributed by atoms with Gasteiger partial charge in [-0.15, -0.1) is 0 Å². The lowest BCUT2D eigenvalue weighted by Crippen LogP contribution is -2.00. The fourth-order valence-corrected chi connectivity index (χ4v) is 4.42. The molecule has 1 aliphatic carbocycles. The van der Waals surface area contributed by atoms with Crippen molar-refractivity contribution < 1.29 is 0 Å². The molecule has 27 heavy (non-hydrogen) atoms. The molecule has 0 saturated carbocycles. The molecule has 2 aromatic carbocycles. The van der Waals surface area contributed by atoms with Gasteiger partial charge in [-0.25, -0.2) is 4.98 Å². The number of hydrogen-bond donors (Lipinski definition) is 0. The van der Waals surface area contributed by atoms with E-state index in [2.05, 4.69) is 66.5 Å². The van der Waals surface area contributed by atoms with Gasteiger partial charge in [-0.05, 0) is 52.9 Å². The van der Waals surface area contributed by atoms with Gasteiger partial charge in [-0.2, -0.15) is 0 Å². The molecule has 2 aromatic heterocycles. The standard InChI is InChI=1S/C25H22N2/c1-2-3-8-19-17-9-4-5-10-18(17)20-11-6-12-21(25(19)20)22-14-15-23-24(27-22)13-7-16-26-23/h4-7,9-16,19H,2-3,8H2,1H3. The molecule has 0 fully saturated rings. The Morgan fingerprint density at radius 2 is 1.63 bits per heavy atom. The molecule has 0 radical (unpaired) electrons. The minimum absolute atomic E-state index is 0.457. The maximum atomic E-state index is 4.94. The van der Waals surface area contributed by atoms with Crippen molar-refractivity contribution in [2.24, 2.45) is 0 Å². The van der Waals surface area contributed by atoms with E-state index in [1.165, 1.54) is 47.1 Å². The summed E-state index contributed by atoms with van der Waals surface area (Å²) in [4.78, 5) is 9.35. The summed E-state index contributed by atoms with van der Waals surface area (Å²) in [6, 6.07) is 23.7. The zero-order valence-corrected chi connectivity index (χ0v) is 15.5. The third-order valence-electron chi connectivity index (χ3n) is 5.66. The van der Waals surface area contributed by atoms with Crippen molar-refractivity contribution in [3.63, 3.8) is 0 Å². The van der Waals surface area contributed by atoms with Crippen LogP contribution in [0.2, 0.25) is 0 Å². The van der Waals surface area contributed by atoms with E-state index in [1.54, 1.807) is 0 Å². The molecular formula is C25H22N2. The molecule has 2 heterocycles. The van der Waals surface area contributed by atoms with Crippen LogP contribution in [0.1, 0.15) is 43.2 Å². The molecule has 1 aliphatic rings. The van der Waals surface area contributed by atoms with Crippen LogP contribution in [-0.4, -0.2) is 9.97 Å². The SMILES string of the molecule is CCCCC1c2ccccc2-c2cccc(-c3ccc4ncccc4n3)c21. The van der Waals surface area contributed by atoms with Crippen LogP contribution in [0.3, 0.4) is 0 Å². The van der Waals surface area contributed by atoms with Crippen molar-refractivity contribution in [2.75, 3.05) is 0 Å². The van der Waals surface area contributed by atoms with Gasteiger partial charge in [0, 0.05) is 17.7 Å². The predicted octanol–water partition coefficient (Wildman–Crippen LogP) is 6.60. The molecule has 2 heteroatoms. The van der Waals surface area contributed by atoms with Crippen molar-refractivity contribution in [2.45, 2.75) is 32.1 Å². The van der Waals surface area contributed by atoms with Gasteiger partial charge in [-0.3, -0.25) is 4.98 Å². The van der Waals surface area contributed by atoms with Crippen LogP contribution in [-0.2, 0) is 0 Å². The lowest BCUT2D eigenvalue weighted by atomic mass is 9.87. The molecule has 1 atom stereocenters. The summed E-state index contributed by atoms with van der Waals surface area (Å²) in [5.41, 5.74) is 9.87. The number of unbranched alkanes of at least 4 members (excludes halogenated alkanes) is 1. The summed E-state index contributed by atoms with van der Waals surface area (Å²) in [7, 11) is 0. The van der Waals surface area contributed by atoms with E-state index in [0.29, 0.717) is 5.92 Å². The minimum atomic E-state index is 0.457. The molecular weight excluding hydrogens is 328 g/mol. The van der Waals surface area contributed by atoms with Gasteiger partial charge in [0.05, 0.1) is 16.7 Å². The summed E-state index contributed by atoms with van der Waals surface area (Å²) in [6.07, 6.45) is 5.46. The van der Waals surface area contributed by atoms with Crippen molar-refractivity contribution in [1.82, 2.24) is 9.97 Å². The van der Waals surface area contributed by atoms with E-state index in [9.17, 15) is 0 Å². The predicted molar refractivity (Wildman–Crippen MR) is 112 cm³/mol. The molecule has 132 valence electrons. The first kappa shape index (κ1) is 16.2. The summed E-state index contributed by atoms with van der Waals surface area (Å²) >= 11 is 0. The Morgan fingerprint density at radius 1 is 0.778 bits per heavy atom. The van der Waals surface area contributed by atoms with Crippen LogP contribution in [0.5, 0.6) is 0 Å². The van der Waals surface area contributed by atoms with Gasteiger partial charge in [-0.1, -0.05) is 62.2 Å². The quantitative estimate of drug-likeness (QED) is 0.414. The first-order valence-electron chi connectivity index (χ1n) is 9.81. The van der Waals surface area contributed by atoms with Gasteiger partial charge in [0.1, 0.15) is 0 Å². The second-order valence-electron chi connectivity index (χ2n) is 7.29. The van der Waals surface area contributed by atoms with Crippen molar-refractivity contribution in [1.29, 1.82) is 0 Å². The van der Waals surface area contributed by atoms with E-state index in [-0.39, 0.29) is 0 Å². The number of pyridine rings is 2. The molecule has 0 spiro atoms. The summed E-state index contributed by atoms with van der Waals surface area (Å²) < 4.78 is 0. The second kappa shape index (κ2) is 6.62. The monoisotopic (exact) mass is 350 g/mol. The van der Waals surface area contributed by atoms with Gasteiger partial charge >= 0.3 is 0 Å². The van der Waals surface area contributed by atoms with E-state index in [1.807, 2.05) is 18.3 Å². The van der Waals surface area contributed by atoms with Crippen LogP contribution in [0.4, 0.5) is 0 Å². The largest absolute Gasteiger partial charge is 0.255 e. The number of aromatic nitrogens is 2. The molecule has 2 nitrogen and oxygen atoms in total. The van der Waals surface area contributed by atoms with Crippen LogP contribution in [0.25, 0.3) is 33.4 Å². The van der Waals surface area contributed by atoms with Crippen LogP contribution < -0.4 is 0 Å². The van der Waals surface area contributed by atoms with E-state index < -0.39 is 0 Å². The van der Waals surface area contributed by atoms with Crippen molar-refractivity contribution in [3.05, 3.63) is 84.1 Å². The Balaban J connectivity index is 1.71. The maximum Gasteiger partial charge on any atom is 0.0894 e. The summed E-state index contributed by atoms with van der Waals surface area (Å²) in [6.45, 7) is 2.27. The maximum absolute atomic E-state index is 4.94. The van der Waals surface area contributed by atoms with Crippen LogP contribution in [0, 0.1) is 0 Å². The van der Waals surface area contributed by atoms with Gasteiger partial charge in [0.25, 0.3) is 0 Å². The molecule has 0 bridgehead atoms. The number of nitrogens with zero attached hydrogens (tertiary/aromatic N) is 2. The fourth-order valence-electron chi connectivity index (χ4n) is 4.42. The van der Waals surface area contributed by atoms with E-state index >= 15 is 0 Å².